The molecule has 0 spiro atoms. The maximum Gasteiger partial charge on any atom is 0.308 e. The van der Waals surface area contributed by atoms with E-state index in [2.05, 4.69) is 20.8 Å². The van der Waals surface area contributed by atoms with Gasteiger partial charge in [-0.05, 0) is 31.6 Å². The van der Waals surface area contributed by atoms with Crippen LogP contribution in [0.1, 0.15) is 53.4 Å². The normalized spacial score (nSPS) is 23.8. The van der Waals surface area contributed by atoms with Crippen molar-refractivity contribution in [3.05, 3.63) is 0 Å². The number of carboxylic acids is 1. The third kappa shape index (κ3) is 5.42. The summed E-state index contributed by atoms with van der Waals surface area (Å²) in [5.74, 6) is -0.752. The summed E-state index contributed by atoms with van der Waals surface area (Å²) in [5, 5.41) is 9.31. The van der Waals surface area contributed by atoms with E-state index < -0.39 is 18.0 Å². The van der Waals surface area contributed by atoms with Crippen LogP contribution in [0.3, 0.4) is 0 Å². The van der Waals surface area contributed by atoms with Crippen molar-refractivity contribution in [2.24, 2.45) is 17.8 Å². The summed E-state index contributed by atoms with van der Waals surface area (Å²) >= 11 is 0. The number of amides is 1. The van der Waals surface area contributed by atoms with E-state index in [-0.39, 0.29) is 24.0 Å². The molecule has 6 atom stereocenters. The molecule has 25 heavy (non-hydrogen) atoms. The molecule has 0 aromatic rings. The zero-order valence-electron chi connectivity index (χ0n) is 16.5. The monoisotopic (exact) mass is 357 g/mol. The second kappa shape index (κ2) is 10.1. The Labute approximate surface area is 151 Å². The molecule has 1 saturated heterocycles. The van der Waals surface area contributed by atoms with Gasteiger partial charge < -0.3 is 19.5 Å². The van der Waals surface area contributed by atoms with Gasteiger partial charge in [-0.3, -0.25) is 9.59 Å². The highest BCUT2D eigenvalue weighted by Gasteiger charge is 2.40. The number of methoxy groups -OCH3 is 2. The summed E-state index contributed by atoms with van der Waals surface area (Å²) < 4.78 is 11.1. The van der Waals surface area contributed by atoms with Gasteiger partial charge in [-0.2, -0.15) is 0 Å². The number of nitrogens with zero attached hydrogens (tertiary/aromatic N) is 1. The molecule has 1 aliphatic rings. The molecule has 1 rings (SSSR count). The van der Waals surface area contributed by atoms with E-state index in [0.717, 1.165) is 19.3 Å². The summed E-state index contributed by atoms with van der Waals surface area (Å²) in [5.41, 5.74) is 0. The van der Waals surface area contributed by atoms with Gasteiger partial charge in [-0.1, -0.05) is 27.2 Å². The molecule has 1 heterocycles. The van der Waals surface area contributed by atoms with E-state index in [1.165, 1.54) is 7.11 Å². The summed E-state index contributed by atoms with van der Waals surface area (Å²) in [7, 11) is 3.18. The average Bonchev–Trinajstić information content (AvgIpc) is 3.08. The van der Waals surface area contributed by atoms with Crippen LogP contribution in [0.4, 0.5) is 0 Å². The first-order chi connectivity index (χ1) is 11.8. The Bertz CT molecular complexity index is 442. The van der Waals surface area contributed by atoms with E-state index in [0.29, 0.717) is 18.9 Å². The van der Waals surface area contributed by atoms with E-state index in [9.17, 15) is 14.7 Å². The topological polar surface area (TPSA) is 76.1 Å². The van der Waals surface area contributed by atoms with Crippen molar-refractivity contribution < 1.29 is 24.2 Å². The number of likely N-dealkylation sites (tertiary alicyclic amines) is 1. The molecular formula is C19H35NO5. The van der Waals surface area contributed by atoms with Crippen molar-refractivity contribution in [3.63, 3.8) is 0 Å². The summed E-state index contributed by atoms with van der Waals surface area (Å²) in [4.78, 5) is 26.1. The zero-order chi connectivity index (χ0) is 19.1. The molecule has 0 aliphatic carbocycles. The number of rotatable bonds is 10. The fraction of sp³-hybridized carbons (Fsp3) is 0.895. The van der Waals surface area contributed by atoms with Crippen LogP contribution in [0, 0.1) is 17.8 Å². The van der Waals surface area contributed by atoms with Gasteiger partial charge in [0.05, 0.1) is 30.6 Å². The summed E-state index contributed by atoms with van der Waals surface area (Å²) in [6.07, 6.45) is 2.42. The molecule has 0 aromatic heterocycles. The molecule has 1 N–H and O–H groups in total. The first-order valence-corrected chi connectivity index (χ1v) is 9.36. The van der Waals surface area contributed by atoms with E-state index in [1.54, 1.807) is 14.0 Å². The van der Waals surface area contributed by atoms with E-state index >= 15 is 0 Å². The van der Waals surface area contributed by atoms with Crippen LogP contribution in [0.25, 0.3) is 0 Å². The molecule has 0 saturated carbocycles. The Morgan fingerprint density at radius 2 is 1.84 bits per heavy atom. The molecule has 1 fully saturated rings. The standard InChI is InChI=1S/C19H35NO5/c1-7-12(2)13(3)16(24-5)11-17(21)20-10-8-9-15(20)18(25-6)14(4)19(22)23/h12-16,18H,7-11H2,1-6H3,(H,22,23)/t12?,13-,14?,15-,16?,18?/m0/s1. The van der Waals surface area contributed by atoms with Crippen molar-refractivity contribution in [3.8, 4) is 0 Å². The third-order valence-electron chi connectivity index (χ3n) is 5.96. The number of carbonyl (C=O) groups excluding carboxylic acids is 1. The Kier molecular flexibility index (Phi) is 8.86. The SMILES string of the molecule is CCC(C)[C@H](C)C(CC(=O)N1CCC[C@H]1C(OC)C(C)C(=O)O)OC. The van der Waals surface area contributed by atoms with Gasteiger partial charge in [0, 0.05) is 20.8 Å². The summed E-state index contributed by atoms with van der Waals surface area (Å²) in [6.45, 7) is 8.74. The van der Waals surface area contributed by atoms with Gasteiger partial charge in [0.15, 0.2) is 0 Å². The van der Waals surface area contributed by atoms with Crippen LogP contribution in [0.5, 0.6) is 0 Å². The Balaban J connectivity index is 2.83. The van der Waals surface area contributed by atoms with Crippen molar-refractivity contribution in [2.75, 3.05) is 20.8 Å². The predicted octanol–water partition coefficient (Wildman–Crippen LogP) is 2.80. The number of carboxylic acid groups (broad SMARTS) is 1. The number of carbonyl (C=O) groups is 2. The Morgan fingerprint density at radius 1 is 1.20 bits per heavy atom. The zero-order valence-corrected chi connectivity index (χ0v) is 16.5. The van der Waals surface area contributed by atoms with Crippen molar-refractivity contribution >= 4 is 11.9 Å². The van der Waals surface area contributed by atoms with Crippen molar-refractivity contribution in [1.29, 1.82) is 0 Å². The molecular weight excluding hydrogens is 322 g/mol. The number of aliphatic carboxylic acids is 1. The lowest BCUT2D eigenvalue weighted by molar-refractivity contribution is -0.151. The lowest BCUT2D eigenvalue weighted by atomic mass is 9.87. The second-order valence-electron chi connectivity index (χ2n) is 7.35. The molecule has 1 amide bonds. The van der Waals surface area contributed by atoms with Crippen LogP contribution in [0.15, 0.2) is 0 Å². The second-order valence-corrected chi connectivity index (χ2v) is 7.35. The van der Waals surface area contributed by atoms with Gasteiger partial charge >= 0.3 is 5.97 Å². The lowest BCUT2D eigenvalue weighted by Gasteiger charge is -2.34. The minimum atomic E-state index is -0.897. The minimum Gasteiger partial charge on any atom is -0.481 e. The van der Waals surface area contributed by atoms with Crippen LogP contribution in [-0.2, 0) is 19.1 Å². The maximum absolute atomic E-state index is 12.9. The predicted molar refractivity (Wildman–Crippen MR) is 96.4 cm³/mol. The molecule has 4 unspecified atom stereocenters. The van der Waals surface area contributed by atoms with Crippen LogP contribution in [0.2, 0.25) is 0 Å². The summed E-state index contributed by atoms with van der Waals surface area (Å²) in [6, 6.07) is -0.181. The Hall–Kier alpha value is -1.14. The van der Waals surface area contributed by atoms with Gasteiger partial charge in [0.2, 0.25) is 5.91 Å². The molecule has 146 valence electrons. The molecule has 0 bridgehead atoms. The quantitative estimate of drug-likeness (QED) is 0.651. The van der Waals surface area contributed by atoms with Crippen molar-refractivity contribution in [1.82, 2.24) is 4.90 Å². The molecule has 6 nitrogen and oxygen atoms in total. The lowest BCUT2D eigenvalue weighted by Crippen LogP contribution is -2.48. The molecule has 0 radical (unpaired) electrons. The average molecular weight is 357 g/mol. The fourth-order valence-electron chi connectivity index (χ4n) is 3.79. The highest BCUT2D eigenvalue weighted by Crippen LogP contribution is 2.29. The fourth-order valence-corrected chi connectivity index (χ4v) is 3.79. The van der Waals surface area contributed by atoms with E-state index in [4.69, 9.17) is 9.47 Å². The van der Waals surface area contributed by atoms with Crippen molar-refractivity contribution in [2.45, 2.75) is 71.6 Å². The number of hydrogen-bond donors (Lipinski definition) is 1. The number of hydrogen-bond acceptors (Lipinski definition) is 4. The van der Waals surface area contributed by atoms with E-state index in [1.807, 2.05) is 4.90 Å². The highest BCUT2D eigenvalue weighted by atomic mass is 16.5. The van der Waals surface area contributed by atoms with Crippen LogP contribution < -0.4 is 0 Å². The van der Waals surface area contributed by atoms with Gasteiger partial charge in [-0.25, -0.2) is 0 Å². The van der Waals surface area contributed by atoms with Gasteiger partial charge in [-0.15, -0.1) is 0 Å². The maximum atomic E-state index is 12.9. The minimum absolute atomic E-state index is 0.0316. The first-order valence-electron chi connectivity index (χ1n) is 9.36. The van der Waals surface area contributed by atoms with Gasteiger partial charge in [0.1, 0.15) is 0 Å². The molecule has 6 heteroatoms. The number of ether oxygens (including phenoxy) is 2. The van der Waals surface area contributed by atoms with Gasteiger partial charge in [0.25, 0.3) is 0 Å². The Morgan fingerprint density at radius 3 is 2.32 bits per heavy atom. The first kappa shape index (κ1) is 21.9. The molecule has 0 aromatic carbocycles. The van der Waals surface area contributed by atoms with Crippen LogP contribution in [-0.4, -0.2) is 60.9 Å². The third-order valence-corrected chi connectivity index (χ3v) is 5.96. The van der Waals surface area contributed by atoms with Crippen LogP contribution >= 0.6 is 0 Å². The smallest absolute Gasteiger partial charge is 0.308 e. The molecule has 1 aliphatic heterocycles. The largest absolute Gasteiger partial charge is 0.481 e. The highest BCUT2D eigenvalue weighted by molar-refractivity contribution is 5.78.